The van der Waals surface area contributed by atoms with Gasteiger partial charge in [0.1, 0.15) is 6.07 Å². The van der Waals surface area contributed by atoms with Gasteiger partial charge < -0.3 is 19.3 Å². The van der Waals surface area contributed by atoms with E-state index in [9.17, 15) is 5.26 Å². The molecular weight excluding hydrogens is 254 g/mol. The summed E-state index contributed by atoms with van der Waals surface area (Å²) >= 11 is 0. The van der Waals surface area contributed by atoms with Gasteiger partial charge in [0.05, 0.1) is 37.7 Å². The van der Waals surface area contributed by atoms with Gasteiger partial charge in [-0.2, -0.15) is 5.26 Å². The second kappa shape index (κ2) is 6.12. The van der Waals surface area contributed by atoms with E-state index in [1.54, 1.807) is 0 Å². The minimum atomic E-state index is 0.729. The van der Waals surface area contributed by atoms with Gasteiger partial charge in [-0.05, 0) is 18.2 Å². The van der Waals surface area contributed by atoms with Crippen LogP contribution in [0.3, 0.4) is 0 Å². The molecule has 2 heterocycles. The molecule has 0 bridgehead atoms. The van der Waals surface area contributed by atoms with Gasteiger partial charge in [-0.15, -0.1) is 0 Å². The van der Waals surface area contributed by atoms with E-state index < -0.39 is 0 Å². The quantitative estimate of drug-likeness (QED) is 0.811. The molecule has 0 saturated carbocycles. The van der Waals surface area contributed by atoms with Crippen LogP contribution in [0.4, 0.5) is 11.4 Å². The number of hydrogen-bond acceptors (Lipinski definition) is 5. The van der Waals surface area contributed by atoms with Crippen LogP contribution in [-0.4, -0.2) is 52.6 Å². The summed E-state index contributed by atoms with van der Waals surface area (Å²) in [6.45, 7) is 6.52. The van der Waals surface area contributed by atoms with Crippen molar-refractivity contribution in [1.29, 1.82) is 5.26 Å². The highest BCUT2D eigenvalue weighted by Crippen LogP contribution is 2.27. The van der Waals surface area contributed by atoms with Gasteiger partial charge in [-0.3, -0.25) is 0 Å². The number of benzene rings is 1. The number of morpholine rings is 2. The van der Waals surface area contributed by atoms with Crippen molar-refractivity contribution in [2.45, 2.75) is 0 Å². The van der Waals surface area contributed by atoms with Crippen molar-refractivity contribution >= 4 is 11.4 Å². The van der Waals surface area contributed by atoms with Crippen molar-refractivity contribution in [3.05, 3.63) is 23.8 Å². The van der Waals surface area contributed by atoms with Crippen molar-refractivity contribution < 1.29 is 9.47 Å². The van der Waals surface area contributed by atoms with Gasteiger partial charge in [0.25, 0.3) is 0 Å². The van der Waals surface area contributed by atoms with Crippen LogP contribution in [0.5, 0.6) is 0 Å². The third kappa shape index (κ3) is 2.72. The maximum atomic E-state index is 9.31. The van der Waals surface area contributed by atoms with Crippen LogP contribution in [0.2, 0.25) is 0 Å². The molecule has 5 heteroatoms. The van der Waals surface area contributed by atoms with E-state index in [4.69, 9.17) is 9.47 Å². The lowest BCUT2D eigenvalue weighted by molar-refractivity contribution is 0.122. The SMILES string of the molecule is N#Cc1ccc(N2CCOCC2)cc1N1CCOCC1. The first-order chi connectivity index (χ1) is 9.88. The topological polar surface area (TPSA) is 48.7 Å². The first-order valence-electron chi connectivity index (χ1n) is 7.08. The van der Waals surface area contributed by atoms with Crippen molar-refractivity contribution in [1.82, 2.24) is 0 Å². The number of rotatable bonds is 2. The molecule has 5 nitrogen and oxygen atoms in total. The third-order valence-corrected chi connectivity index (χ3v) is 3.83. The van der Waals surface area contributed by atoms with Gasteiger partial charge in [-0.1, -0.05) is 0 Å². The van der Waals surface area contributed by atoms with Crippen LogP contribution < -0.4 is 9.80 Å². The highest BCUT2D eigenvalue weighted by Gasteiger charge is 2.18. The third-order valence-electron chi connectivity index (χ3n) is 3.83. The standard InChI is InChI=1S/C15H19N3O2/c16-12-13-1-2-14(17-3-7-19-8-4-17)11-15(13)18-5-9-20-10-6-18/h1-2,11H,3-10H2. The van der Waals surface area contributed by atoms with E-state index in [0.717, 1.165) is 63.9 Å². The lowest BCUT2D eigenvalue weighted by Crippen LogP contribution is -2.38. The van der Waals surface area contributed by atoms with Crippen molar-refractivity contribution in [2.75, 3.05) is 62.4 Å². The zero-order valence-electron chi connectivity index (χ0n) is 11.5. The van der Waals surface area contributed by atoms with Gasteiger partial charge in [-0.25, -0.2) is 0 Å². The molecule has 1 aromatic rings. The van der Waals surface area contributed by atoms with E-state index in [-0.39, 0.29) is 0 Å². The van der Waals surface area contributed by atoms with Crippen LogP contribution in [0.15, 0.2) is 18.2 Å². The number of hydrogen-bond donors (Lipinski definition) is 0. The van der Waals surface area contributed by atoms with E-state index in [2.05, 4.69) is 21.9 Å². The van der Waals surface area contributed by atoms with Crippen molar-refractivity contribution in [3.8, 4) is 6.07 Å². The summed E-state index contributed by atoms with van der Waals surface area (Å²) in [4.78, 5) is 4.56. The Balaban J connectivity index is 1.87. The monoisotopic (exact) mass is 273 g/mol. The molecule has 0 unspecified atom stereocenters. The number of anilines is 2. The molecule has 3 rings (SSSR count). The molecule has 1 aromatic carbocycles. The van der Waals surface area contributed by atoms with Crippen LogP contribution in [-0.2, 0) is 9.47 Å². The predicted octanol–water partition coefficient (Wildman–Crippen LogP) is 1.23. The Hall–Kier alpha value is -1.77. The zero-order chi connectivity index (χ0) is 13.8. The molecule has 0 aliphatic carbocycles. The van der Waals surface area contributed by atoms with Crippen LogP contribution >= 0.6 is 0 Å². The lowest BCUT2D eigenvalue weighted by Gasteiger charge is -2.32. The number of nitrogens with zero attached hydrogens (tertiary/aromatic N) is 3. The average Bonchev–Trinajstić information content (AvgIpc) is 2.56. The largest absolute Gasteiger partial charge is 0.378 e. The highest BCUT2D eigenvalue weighted by molar-refractivity contribution is 5.67. The van der Waals surface area contributed by atoms with E-state index in [1.807, 2.05) is 12.1 Å². The van der Waals surface area contributed by atoms with Crippen LogP contribution in [0.1, 0.15) is 5.56 Å². The Labute approximate surface area is 119 Å². The summed E-state index contributed by atoms with van der Waals surface area (Å²) in [7, 11) is 0. The first-order valence-corrected chi connectivity index (χ1v) is 7.08. The molecule has 106 valence electrons. The Bertz CT molecular complexity index is 500. The highest BCUT2D eigenvalue weighted by atomic mass is 16.5. The second-order valence-corrected chi connectivity index (χ2v) is 5.01. The summed E-state index contributed by atoms with van der Waals surface area (Å²) in [6.07, 6.45) is 0. The summed E-state index contributed by atoms with van der Waals surface area (Å²) < 4.78 is 10.8. The fourth-order valence-electron chi connectivity index (χ4n) is 2.70. The molecule has 2 saturated heterocycles. The maximum absolute atomic E-state index is 9.31. The molecule has 0 atom stereocenters. The van der Waals surface area contributed by atoms with Crippen molar-refractivity contribution in [3.63, 3.8) is 0 Å². The minimum absolute atomic E-state index is 0.729. The Morgan fingerprint density at radius 3 is 2.10 bits per heavy atom. The van der Waals surface area contributed by atoms with E-state index in [0.29, 0.717) is 0 Å². The molecule has 20 heavy (non-hydrogen) atoms. The first kappa shape index (κ1) is 13.2. The van der Waals surface area contributed by atoms with E-state index in [1.165, 1.54) is 5.69 Å². The van der Waals surface area contributed by atoms with Gasteiger partial charge >= 0.3 is 0 Å². The fourth-order valence-corrected chi connectivity index (χ4v) is 2.70. The number of ether oxygens (including phenoxy) is 2. The second-order valence-electron chi connectivity index (χ2n) is 5.01. The summed E-state index contributed by atoms with van der Waals surface area (Å²) in [6, 6.07) is 8.39. The molecule has 0 spiro atoms. The maximum Gasteiger partial charge on any atom is 0.101 e. The smallest absolute Gasteiger partial charge is 0.101 e. The molecule has 2 aliphatic heterocycles. The van der Waals surface area contributed by atoms with Gasteiger partial charge in [0.2, 0.25) is 0 Å². The van der Waals surface area contributed by atoms with Gasteiger partial charge in [0.15, 0.2) is 0 Å². The Morgan fingerprint density at radius 2 is 1.50 bits per heavy atom. The lowest BCUT2D eigenvalue weighted by atomic mass is 10.1. The molecule has 2 fully saturated rings. The Morgan fingerprint density at radius 1 is 0.900 bits per heavy atom. The van der Waals surface area contributed by atoms with E-state index >= 15 is 0 Å². The van der Waals surface area contributed by atoms with Gasteiger partial charge in [0, 0.05) is 31.9 Å². The molecular formula is C15H19N3O2. The summed E-state index contributed by atoms with van der Waals surface area (Å²) in [5.74, 6) is 0. The van der Waals surface area contributed by atoms with Crippen LogP contribution in [0, 0.1) is 11.3 Å². The molecule has 0 radical (unpaired) electrons. The average molecular weight is 273 g/mol. The molecule has 0 N–H and O–H groups in total. The molecule has 2 aliphatic rings. The molecule has 0 amide bonds. The van der Waals surface area contributed by atoms with Crippen molar-refractivity contribution in [2.24, 2.45) is 0 Å². The summed E-state index contributed by atoms with van der Waals surface area (Å²) in [5.41, 5.74) is 2.94. The van der Waals surface area contributed by atoms with Crippen LogP contribution in [0.25, 0.3) is 0 Å². The number of nitriles is 1. The normalized spacial score (nSPS) is 19.8. The molecule has 0 aromatic heterocycles. The Kier molecular flexibility index (Phi) is 4.05. The summed E-state index contributed by atoms with van der Waals surface area (Å²) in [5, 5.41) is 9.31. The zero-order valence-corrected chi connectivity index (χ0v) is 11.5. The minimum Gasteiger partial charge on any atom is -0.378 e. The fraction of sp³-hybridized carbons (Fsp3) is 0.533. The predicted molar refractivity (Wildman–Crippen MR) is 77.2 cm³/mol.